The summed E-state index contributed by atoms with van der Waals surface area (Å²) < 4.78 is 25.3. The van der Waals surface area contributed by atoms with Crippen molar-refractivity contribution in [3.8, 4) is 0 Å². The van der Waals surface area contributed by atoms with E-state index in [1.807, 2.05) is 0 Å². The van der Waals surface area contributed by atoms with E-state index in [1.54, 1.807) is 0 Å². The van der Waals surface area contributed by atoms with E-state index in [9.17, 15) is 0 Å². The molecule has 5 nitrogen and oxygen atoms in total. The van der Waals surface area contributed by atoms with Crippen molar-refractivity contribution in [2.75, 3.05) is 26.2 Å². The van der Waals surface area contributed by atoms with Crippen molar-refractivity contribution in [2.45, 2.75) is 78.1 Å². The van der Waals surface area contributed by atoms with E-state index in [0.717, 1.165) is 0 Å². The number of hydrogen-bond donors (Lipinski definition) is 0. The van der Waals surface area contributed by atoms with Crippen LogP contribution < -0.4 is 0 Å². The molecule has 0 radical (unpaired) electrons. The molecule has 2 aliphatic heterocycles. The summed E-state index contributed by atoms with van der Waals surface area (Å²) in [5.41, 5.74) is 0. The summed E-state index contributed by atoms with van der Waals surface area (Å²) >= 11 is 0. The Morgan fingerprint density at radius 3 is 1.04 bits per heavy atom. The van der Waals surface area contributed by atoms with Gasteiger partial charge in [-0.2, -0.15) is 0 Å². The Kier molecular flexibility index (Phi) is 6.99. The summed E-state index contributed by atoms with van der Waals surface area (Å²) in [6, 6.07) is 0. The van der Waals surface area contributed by atoms with Gasteiger partial charge in [0.1, 0.15) is 0 Å². The summed E-state index contributed by atoms with van der Waals surface area (Å²) in [4.78, 5) is 0. The minimum atomic E-state index is -2.22. The van der Waals surface area contributed by atoms with Crippen LogP contribution in [0.5, 0.6) is 0 Å². The Morgan fingerprint density at radius 1 is 0.480 bits per heavy atom. The lowest BCUT2D eigenvalue weighted by Gasteiger charge is -2.44. The molecule has 0 N–H and O–H groups in total. The quantitative estimate of drug-likeness (QED) is 0.554. The number of hydrogen-bond acceptors (Lipinski definition) is 5. The molecule has 2 saturated heterocycles. The van der Waals surface area contributed by atoms with Gasteiger partial charge in [-0.25, -0.2) is 0 Å². The molecule has 0 unspecified atom stereocenters. The maximum Gasteiger partial charge on any atom is 0.313 e. The molecule has 0 aromatic carbocycles. The third-order valence-corrected chi connectivity index (χ3v) is 21.0. The average molecular weight is 421 g/mol. The summed E-state index contributed by atoms with van der Waals surface area (Å²) in [5.74, 6) is 0. The van der Waals surface area contributed by atoms with Gasteiger partial charge in [-0.15, -0.1) is 0 Å². The average Bonchev–Trinajstić information content (AvgIpc) is 3.09. The van der Waals surface area contributed by atoms with Crippen molar-refractivity contribution < 1.29 is 12.3 Å². The molecule has 2 fully saturated rings. The zero-order valence-electron chi connectivity index (χ0n) is 17.8. The van der Waals surface area contributed by atoms with Crippen molar-refractivity contribution in [3.05, 3.63) is 0 Å². The molecule has 2 heterocycles. The van der Waals surface area contributed by atoms with E-state index in [0.29, 0.717) is 0 Å². The van der Waals surface area contributed by atoms with Crippen LogP contribution in [0, 0.1) is 0 Å². The maximum atomic E-state index is 6.72. The molecule has 0 spiro atoms. The van der Waals surface area contributed by atoms with Crippen LogP contribution in [-0.4, -0.2) is 69.4 Å². The normalized spacial score (nSPS) is 22.1. The van der Waals surface area contributed by atoms with E-state index in [-0.39, 0.29) is 0 Å². The molecule has 148 valence electrons. The Labute approximate surface area is 159 Å². The predicted molar refractivity (Wildman–Crippen MR) is 115 cm³/mol. The van der Waals surface area contributed by atoms with Crippen LogP contribution in [-0.2, 0) is 12.3 Å². The topological polar surface area (TPSA) is 34.2 Å². The van der Waals surface area contributed by atoms with Crippen molar-refractivity contribution in [3.63, 3.8) is 0 Å². The van der Waals surface area contributed by atoms with Crippen LogP contribution in [0.1, 0.15) is 25.7 Å². The molecule has 0 aliphatic carbocycles. The van der Waals surface area contributed by atoms with Gasteiger partial charge < -0.3 is 21.5 Å². The van der Waals surface area contributed by atoms with Gasteiger partial charge in [0.2, 0.25) is 0 Å². The van der Waals surface area contributed by atoms with Crippen molar-refractivity contribution >= 4 is 34.1 Å². The molecule has 2 aliphatic rings. The Balaban J connectivity index is 1.96. The monoisotopic (exact) mass is 420 g/mol. The second kappa shape index (κ2) is 7.96. The van der Waals surface area contributed by atoms with Gasteiger partial charge in [-0.05, 0) is 104 Å². The lowest BCUT2D eigenvalue weighted by Crippen LogP contribution is -2.62. The Bertz CT molecular complexity index is 409. The zero-order chi connectivity index (χ0) is 18.9. The second-order valence-corrected chi connectivity index (χ2v) is 24.5. The van der Waals surface area contributed by atoms with E-state index >= 15 is 0 Å². The first-order valence-corrected chi connectivity index (χ1v) is 21.3. The van der Waals surface area contributed by atoms with E-state index in [1.165, 1.54) is 51.9 Å². The highest BCUT2D eigenvalue weighted by Crippen LogP contribution is 2.28. The molecule has 2 rings (SSSR count). The van der Waals surface area contributed by atoms with E-state index in [2.05, 4.69) is 61.5 Å². The van der Waals surface area contributed by atoms with Crippen molar-refractivity contribution in [1.82, 2.24) is 9.13 Å². The molecule has 0 amide bonds. The highest BCUT2D eigenvalue weighted by Gasteiger charge is 2.47. The first kappa shape index (κ1) is 22.0. The standard InChI is InChI=1S/C16H40N2O3Si4/c1-22(2,17-13-9-10-14-17)19-24(5,6)21-25(7,8)20-23(3,4)18-15-11-12-16-18/h9-16H2,1-8H3. The van der Waals surface area contributed by atoms with E-state index < -0.39 is 34.1 Å². The molecular weight excluding hydrogens is 381 g/mol. The lowest BCUT2D eigenvalue weighted by molar-refractivity contribution is 0.289. The van der Waals surface area contributed by atoms with Crippen LogP contribution in [0.3, 0.4) is 0 Å². The van der Waals surface area contributed by atoms with Gasteiger partial charge in [0.05, 0.1) is 0 Å². The van der Waals surface area contributed by atoms with Gasteiger partial charge in [-0.1, -0.05) is 0 Å². The lowest BCUT2D eigenvalue weighted by atomic mass is 10.4. The van der Waals surface area contributed by atoms with Gasteiger partial charge >= 0.3 is 17.1 Å². The van der Waals surface area contributed by atoms with Gasteiger partial charge in [0, 0.05) is 0 Å². The van der Waals surface area contributed by atoms with Crippen molar-refractivity contribution in [1.29, 1.82) is 0 Å². The largest absolute Gasteiger partial charge is 0.424 e. The third kappa shape index (κ3) is 6.35. The summed E-state index contributed by atoms with van der Waals surface area (Å²) in [5, 5.41) is 0. The molecule has 0 aromatic heterocycles. The number of nitrogens with zero attached hydrogens (tertiary/aromatic N) is 2. The van der Waals surface area contributed by atoms with Crippen LogP contribution in [0.4, 0.5) is 0 Å². The molecule has 0 bridgehead atoms. The molecule has 9 heteroatoms. The van der Waals surface area contributed by atoms with Gasteiger partial charge in [0.25, 0.3) is 17.0 Å². The molecule has 0 saturated carbocycles. The van der Waals surface area contributed by atoms with Gasteiger partial charge in [0.15, 0.2) is 0 Å². The first-order chi connectivity index (χ1) is 11.3. The minimum absolute atomic E-state index is 1.19. The Morgan fingerprint density at radius 2 is 0.760 bits per heavy atom. The van der Waals surface area contributed by atoms with Crippen LogP contribution in [0.25, 0.3) is 0 Å². The first-order valence-electron chi connectivity index (χ1n) is 9.94. The highest BCUT2D eigenvalue weighted by atomic mass is 28.5. The highest BCUT2D eigenvalue weighted by molar-refractivity contribution is 6.88. The SMILES string of the molecule is C[Si](C)(O[Si](C)(C)O[Si](C)(C)N1CCCC1)O[Si](C)(C)N1CCCC1. The second-order valence-electron chi connectivity index (χ2n) is 9.39. The van der Waals surface area contributed by atoms with Crippen LogP contribution in [0.15, 0.2) is 0 Å². The fourth-order valence-corrected chi connectivity index (χ4v) is 23.7. The summed E-state index contributed by atoms with van der Waals surface area (Å²) in [6.45, 7) is 22.9. The molecule has 25 heavy (non-hydrogen) atoms. The predicted octanol–water partition coefficient (Wildman–Crippen LogP) is 4.04. The van der Waals surface area contributed by atoms with Crippen LogP contribution >= 0.6 is 0 Å². The van der Waals surface area contributed by atoms with Gasteiger partial charge in [-0.3, -0.25) is 0 Å². The molecule has 0 atom stereocenters. The van der Waals surface area contributed by atoms with E-state index in [4.69, 9.17) is 12.3 Å². The summed E-state index contributed by atoms with van der Waals surface area (Å²) in [7, 11) is -8.15. The fraction of sp³-hybridized carbons (Fsp3) is 1.00. The maximum absolute atomic E-state index is 6.72. The smallest absolute Gasteiger partial charge is 0.313 e. The fourth-order valence-electron chi connectivity index (χ4n) is 4.48. The molecular formula is C16H40N2O3Si4. The van der Waals surface area contributed by atoms with Crippen LogP contribution in [0.2, 0.25) is 52.4 Å². The third-order valence-electron chi connectivity index (χ3n) is 5.22. The van der Waals surface area contributed by atoms with Crippen molar-refractivity contribution in [2.24, 2.45) is 0 Å². The number of rotatable bonds is 8. The Hall–Kier alpha value is 0.668. The zero-order valence-corrected chi connectivity index (χ0v) is 21.8. The summed E-state index contributed by atoms with van der Waals surface area (Å²) in [6.07, 6.45) is 5.23. The molecule has 0 aromatic rings. The minimum Gasteiger partial charge on any atom is -0.424 e.